The summed E-state index contributed by atoms with van der Waals surface area (Å²) in [6.45, 7) is 1.47. The van der Waals surface area contributed by atoms with Gasteiger partial charge >= 0.3 is 12.2 Å². The molecule has 0 radical (unpaired) electrons. The van der Waals surface area contributed by atoms with Crippen LogP contribution in [0.1, 0.15) is 6.42 Å². The van der Waals surface area contributed by atoms with Crippen LogP contribution in [0.2, 0.25) is 0 Å². The molecule has 0 saturated carbocycles. The van der Waals surface area contributed by atoms with Gasteiger partial charge in [-0.1, -0.05) is 0 Å². The molecule has 10 heteroatoms. The first-order valence-corrected chi connectivity index (χ1v) is 10.2. The van der Waals surface area contributed by atoms with Crippen molar-refractivity contribution in [2.75, 3.05) is 54.6 Å². The lowest BCUT2D eigenvalue weighted by Gasteiger charge is -2.29. The predicted octanol–water partition coefficient (Wildman–Crippen LogP) is 1.47. The summed E-state index contributed by atoms with van der Waals surface area (Å²) >= 11 is 0. The standard InChI is InChI=1S/C17H22FN3O5S/c1-19-16(22)25-7-4-13-11-21(17(23)26-13)12-2-3-15(14(18)10-12)20-5-8-27(24)9-6-20/h2-3,10,13H,4-9,11H2,1H3,(H,19,22)/t13-/m0/s1. The second kappa shape index (κ2) is 8.55. The van der Waals surface area contributed by atoms with E-state index in [0.29, 0.717) is 42.4 Å². The molecule has 2 amide bonds. The summed E-state index contributed by atoms with van der Waals surface area (Å²) in [5.74, 6) is 0.623. The highest BCUT2D eigenvalue weighted by Crippen LogP contribution is 2.29. The molecule has 0 aliphatic carbocycles. The van der Waals surface area contributed by atoms with Crippen LogP contribution in [-0.4, -0.2) is 67.3 Å². The summed E-state index contributed by atoms with van der Waals surface area (Å²) in [6.07, 6.45) is -1.17. The molecule has 2 aliphatic rings. The number of carbonyl (C=O) groups excluding carboxylic acids is 2. The molecule has 2 aliphatic heterocycles. The summed E-state index contributed by atoms with van der Waals surface area (Å²) in [7, 11) is 0.628. The van der Waals surface area contributed by atoms with Crippen LogP contribution in [0.5, 0.6) is 0 Å². The van der Waals surface area contributed by atoms with Gasteiger partial charge in [0.2, 0.25) is 0 Å². The maximum Gasteiger partial charge on any atom is 0.414 e. The van der Waals surface area contributed by atoms with E-state index in [1.165, 1.54) is 18.0 Å². The van der Waals surface area contributed by atoms with E-state index in [1.807, 2.05) is 4.90 Å². The molecule has 3 rings (SSSR count). The molecular weight excluding hydrogens is 377 g/mol. The second-order valence-corrected chi connectivity index (χ2v) is 7.96. The molecule has 0 aromatic heterocycles. The Morgan fingerprint density at radius 1 is 1.41 bits per heavy atom. The minimum atomic E-state index is -0.832. The average molecular weight is 399 g/mol. The Morgan fingerprint density at radius 3 is 2.81 bits per heavy atom. The van der Waals surface area contributed by atoms with Gasteiger partial charge in [0.05, 0.1) is 24.5 Å². The highest BCUT2D eigenvalue weighted by molar-refractivity contribution is 7.85. The number of halogens is 1. The number of amides is 2. The summed E-state index contributed by atoms with van der Waals surface area (Å²) in [5.41, 5.74) is 0.857. The number of benzene rings is 1. The van der Waals surface area contributed by atoms with Gasteiger partial charge in [0.15, 0.2) is 0 Å². The number of carbonyl (C=O) groups is 2. The van der Waals surface area contributed by atoms with Gasteiger partial charge in [-0.05, 0) is 18.2 Å². The largest absolute Gasteiger partial charge is 0.449 e. The fourth-order valence-electron chi connectivity index (χ4n) is 3.04. The zero-order valence-electron chi connectivity index (χ0n) is 15.0. The molecular formula is C17H22FN3O5S. The molecule has 1 aromatic carbocycles. The summed E-state index contributed by atoms with van der Waals surface area (Å²) in [5, 5.41) is 2.33. The van der Waals surface area contributed by atoms with E-state index in [4.69, 9.17) is 9.47 Å². The van der Waals surface area contributed by atoms with Crippen molar-refractivity contribution < 1.29 is 27.7 Å². The molecule has 0 unspecified atom stereocenters. The molecule has 148 valence electrons. The van der Waals surface area contributed by atoms with Crippen LogP contribution in [-0.2, 0) is 20.3 Å². The smallest absolute Gasteiger partial charge is 0.414 e. The van der Waals surface area contributed by atoms with Crippen molar-refractivity contribution in [2.45, 2.75) is 12.5 Å². The third-order valence-corrected chi connectivity index (χ3v) is 5.79. The average Bonchev–Trinajstić information content (AvgIpc) is 3.03. The van der Waals surface area contributed by atoms with Crippen molar-refractivity contribution in [1.82, 2.24) is 5.32 Å². The number of cyclic esters (lactones) is 1. The number of ether oxygens (including phenoxy) is 2. The Morgan fingerprint density at radius 2 is 2.15 bits per heavy atom. The van der Waals surface area contributed by atoms with Crippen molar-refractivity contribution >= 4 is 34.4 Å². The van der Waals surface area contributed by atoms with Gasteiger partial charge in [0, 0.05) is 48.9 Å². The molecule has 1 aromatic rings. The van der Waals surface area contributed by atoms with Crippen LogP contribution in [0.4, 0.5) is 25.4 Å². The molecule has 27 heavy (non-hydrogen) atoms. The van der Waals surface area contributed by atoms with Crippen LogP contribution in [0.25, 0.3) is 0 Å². The lowest BCUT2D eigenvalue weighted by molar-refractivity contribution is 0.105. The van der Waals surface area contributed by atoms with Gasteiger partial charge in [-0.15, -0.1) is 0 Å². The number of nitrogens with zero attached hydrogens (tertiary/aromatic N) is 2. The van der Waals surface area contributed by atoms with E-state index in [-0.39, 0.29) is 13.2 Å². The Bertz CT molecular complexity index is 737. The first-order valence-electron chi connectivity index (χ1n) is 8.70. The van der Waals surface area contributed by atoms with E-state index >= 15 is 0 Å². The molecule has 1 N–H and O–H groups in total. The lowest BCUT2D eigenvalue weighted by atomic mass is 10.2. The van der Waals surface area contributed by atoms with Crippen molar-refractivity contribution in [1.29, 1.82) is 0 Å². The van der Waals surface area contributed by atoms with Crippen molar-refractivity contribution in [3.63, 3.8) is 0 Å². The number of rotatable bonds is 5. The highest BCUT2D eigenvalue weighted by atomic mass is 32.2. The van der Waals surface area contributed by atoms with Gasteiger partial charge in [0.25, 0.3) is 0 Å². The maximum absolute atomic E-state index is 14.6. The zero-order valence-corrected chi connectivity index (χ0v) is 15.8. The van der Waals surface area contributed by atoms with Gasteiger partial charge in [0.1, 0.15) is 11.9 Å². The third kappa shape index (κ3) is 4.68. The van der Waals surface area contributed by atoms with E-state index in [9.17, 15) is 18.2 Å². The normalized spacial score (nSPS) is 20.5. The first-order chi connectivity index (χ1) is 13.0. The SMILES string of the molecule is CNC(=O)OCC[C@H]1CN(c2ccc(N3CCS(=O)CC3)c(F)c2)C(=O)O1. The van der Waals surface area contributed by atoms with Crippen LogP contribution in [0.15, 0.2) is 18.2 Å². The monoisotopic (exact) mass is 399 g/mol. The lowest BCUT2D eigenvalue weighted by Crippen LogP contribution is -2.38. The second-order valence-electron chi connectivity index (χ2n) is 6.26. The Kier molecular flexibility index (Phi) is 6.15. The summed E-state index contributed by atoms with van der Waals surface area (Å²) in [4.78, 5) is 26.4. The number of anilines is 2. The molecule has 0 spiro atoms. The molecule has 2 saturated heterocycles. The molecule has 1 atom stereocenters. The Hall–Kier alpha value is -2.36. The van der Waals surface area contributed by atoms with E-state index in [0.717, 1.165) is 0 Å². The topological polar surface area (TPSA) is 88.2 Å². The minimum absolute atomic E-state index is 0.120. The zero-order chi connectivity index (χ0) is 19.4. The van der Waals surface area contributed by atoms with Crippen LogP contribution in [0.3, 0.4) is 0 Å². The fraction of sp³-hybridized carbons (Fsp3) is 0.529. The quantitative estimate of drug-likeness (QED) is 0.807. The number of hydrogen-bond donors (Lipinski definition) is 1. The van der Waals surface area contributed by atoms with Crippen molar-refractivity contribution in [2.24, 2.45) is 0 Å². The Balaban J connectivity index is 1.61. The molecule has 2 heterocycles. The maximum atomic E-state index is 14.6. The number of nitrogens with one attached hydrogen (secondary N) is 1. The number of hydrogen-bond acceptors (Lipinski definition) is 6. The van der Waals surface area contributed by atoms with Gasteiger partial charge < -0.3 is 19.7 Å². The van der Waals surface area contributed by atoms with Crippen LogP contribution < -0.4 is 15.1 Å². The van der Waals surface area contributed by atoms with Gasteiger partial charge in [-0.3, -0.25) is 9.11 Å². The molecule has 0 bridgehead atoms. The predicted molar refractivity (Wildman–Crippen MR) is 99.1 cm³/mol. The van der Waals surface area contributed by atoms with Gasteiger partial charge in [-0.25, -0.2) is 14.0 Å². The van der Waals surface area contributed by atoms with Crippen LogP contribution in [0, 0.1) is 5.82 Å². The third-order valence-electron chi connectivity index (χ3n) is 4.51. The minimum Gasteiger partial charge on any atom is -0.449 e. The summed E-state index contributed by atoms with van der Waals surface area (Å²) in [6, 6.07) is 4.62. The molecule has 2 fully saturated rings. The summed E-state index contributed by atoms with van der Waals surface area (Å²) < 4.78 is 36.2. The van der Waals surface area contributed by atoms with Crippen molar-refractivity contribution in [3.05, 3.63) is 24.0 Å². The first kappa shape index (κ1) is 19.4. The number of alkyl carbamates (subject to hydrolysis) is 1. The van der Waals surface area contributed by atoms with E-state index < -0.39 is 34.9 Å². The van der Waals surface area contributed by atoms with Gasteiger partial charge in [-0.2, -0.15) is 0 Å². The van der Waals surface area contributed by atoms with Crippen LogP contribution >= 0.6 is 0 Å². The fourth-order valence-corrected chi connectivity index (χ4v) is 4.09. The van der Waals surface area contributed by atoms with E-state index in [1.54, 1.807) is 12.1 Å². The van der Waals surface area contributed by atoms with E-state index in [2.05, 4.69) is 5.32 Å². The molecule has 8 nitrogen and oxygen atoms in total. The highest BCUT2D eigenvalue weighted by Gasteiger charge is 2.33. The van der Waals surface area contributed by atoms with Crippen molar-refractivity contribution in [3.8, 4) is 0 Å². The Labute approximate surface area is 159 Å².